The van der Waals surface area contributed by atoms with Crippen LogP contribution in [0.15, 0.2) is 41.2 Å². The number of ether oxygens (including phenoxy) is 1. The van der Waals surface area contributed by atoms with Crippen molar-refractivity contribution < 1.29 is 9.53 Å². The summed E-state index contributed by atoms with van der Waals surface area (Å²) in [6.07, 6.45) is 0.570. The zero-order valence-electron chi connectivity index (χ0n) is 10.2. The highest BCUT2D eigenvalue weighted by Gasteiger charge is 2.06. The van der Waals surface area contributed by atoms with E-state index in [1.807, 2.05) is 24.3 Å². The third-order valence-electron chi connectivity index (χ3n) is 2.85. The van der Waals surface area contributed by atoms with E-state index in [1.54, 1.807) is 20.2 Å². The molecule has 92 valence electrons. The third-order valence-corrected chi connectivity index (χ3v) is 2.85. The summed E-state index contributed by atoms with van der Waals surface area (Å²) >= 11 is 0. The first kappa shape index (κ1) is 12.1. The van der Waals surface area contributed by atoms with Gasteiger partial charge in [-0.1, -0.05) is 0 Å². The lowest BCUT2D eigenvalue weighted by atomic mass is 10.1. The number of hydrogen-bond acceptors (Lipinski definition) is 3. The van der Waals surface area contributed by atoms with Crippen molar-refractivity contribution in [3.05, 3.63) is 52.3 Å². The Hall–Kier alpha value is -2.36. The zero-order chi connectivity index (χ0) is 13.1. The van der Waals surface area contributed by atoms with Crippen molar-refractivity contribution in [2.75, 3.05) is 7.11 Å². The second-order valence-corrected chi connectivity index (χ2v) is 3.88. The van der Waals surface area contributed by atoms with Crippen molar-refractivity contribution in [3.8, 4) is 17.0 Å². The number of rotatable bonds is 3. The van der Waals surface area contributed by atoms with Gasteiger partial charge in [-0.15, -0.1) is 0 Å². The molecule has 1 aromatic heterocycles. The lowest BCUT2D eigenvalue weighted by Crippen LogP contribution is -2.21. The Morgan fingerprint density at radius 1 is 1.11 bits per heavy atom. The predicted molar refractivity (Wildman–Crippen MR) is 69.1 cm³/mol. The van der Waals surface area contributed by atoms with Crippen molar-refractivity contribution in [2.45, 2.75) is 0 Å². The van der Waals surface area contributed by atoms with Crippen molar-refractivity contribution in [1.29, 1.82) is 0 Å². The molecule has 0 saturated heterocycles. The Labute approximate surface area is 104 Å². The molecule has 0 saturated carbocycles. The first-order chi connectivity index (χ1) is 8.67. The molecule has 0 aliphatic rings. The molecule has 0 N–H and O–H groups in total. The molecule has 0 radical (unpaired) electrons. The molecule has 0 aliphatic heterocycles. The van der Waals surface area contributed by atoms with Gasteiger partial charge in [-0.25, -0.2) is 0 Å². The minimum absolute atomic E-state index is 0.162. The Kier molecular flexibility index (Phi) is 3.28. The van der Waals surface area contributed by atoms with E-state index in [-0.39, 0.29) is 11.1 Å². The van der Waals surface area contributed by atoms with Gasteiger partial charge in [0.1, 0.15) is 5.75 Å². The van der Waals surface area contributed by atoms with Gasteiger partial charge in [0.2, 0.25) is 0 Å². The van der Waals surface area contributed by atoms with Gasteiger partial charge < -0.3 is 9.30 Å². The lowest BCUT2D eigenvalue weighted by Gasteiger charge is -2.09. The summed E-state index contributed by atoms with van der Waals surface area (Å²) in [5.74, 6) is 0.758. The molecule has 4 heteroatoms. The van der Waals surface area contributed by atoms with Crippen LogP contribution in [0.1, 0.15) is 10.4 Å². The van der Waals surface area contributed by atoms with E-state index in [1.165, 1.54) is 10.6 Å². The number of aromatic nitrogens is 1. The van der Waals surface area contributed by atoms with Crippen LogP contribution in [0.2, 0.25) is 0 Å². The number of benzene rings is 1. The van der Waals surface area contributed by atoms with Crippen LogP contribution >= 0.6 is 0 Å². The summed E-state index contributed by atoms with van der Waals surface area (Å²) < 4.78 is 6.54. The molecule has 4 nitrogen and oxygen atoms in total. The Morgan fingerprint density at radius 2 is 1.78 bits per heavy atom. The normalized spacial score (nSPS) is 10.1. The minimum Gasteiger partial charge on any atom is -0.497 e. The van der Waals surface area contributed by atoms with E-state index in [0.29, 0.717) is 6.29 Å². The summed E-state index contributed by atoms with van der Waals surface area (Å²) in [7, 11) is 3.25. The maximum Gasteiger partial charge on any atom is 0.261 e. The zero-order valence-corrected chi connectivity index (χ0v) is 10.2. The van der Waals surface area contributed by atoms with Gasteiger partial charge in [-0.2, -0.15) is 0 Å². The highest BCUT2D eigenvalue weighted by atomic mass is 16.5. The molecule has 1 heterocycles. The van der Waals surface area contributed by atoms with Crippen LogP contribution in [0, 0.1) is 0 Å². The van der Waals surface area contributed by atoms with Gasteiger partial charge >= 0.3 is 0 Å². The fraction of sp³-hybridized carbons (Fsp3) is 0.143. The number of carbonyl (C=O) groups is 1. The van der Waals surface area contributed by atoms with Crippen LogP contribution in [0.3, 0.4) is 0 Å². The molecule has 0 unspecified atom stereocenters. The highest BCUT2D eigenvalue weighted by molar-refractivity contribution is 5.75. The predicted octanol–water partition coefficient (Wildman–Crippen LogP) is 1.87. The maximum absolute atomic E-state index is 11.8. The van der Waals surface area contributed by atoms with E-state index >= 15 is 0 Å². The Morgan fingerprint density at radius 3 is 2.33 bits per heavy atom. The van der Waals surface area contributed by atoms with E-state index in [4.69, 9.17) is 4.74 Å². The van der Waals surface area contributed by atoms with Crippen molar-refractivity contribution >= 4 is 6.29 Å². The molecule has 0 bridgehead atoms. The maximum atomic E-state index is 11.8. The summed E-state index contributed by atoms with van der Waals surface area (Å²) in [6.45, 7) is 0. The Bertz CT molecular complexity index is 626. The van der Waals surface area contributed by atoms with Gasteiger partial charge in [0.05, 0.1) is 18.4 Å². The monoisotopic (exact) mass is 243 g/mol. The topological polar surface area (TPSA) is 48.3 Å². The van der Waals surface area contributed by atoms with Crippen LogP contribution in [0.4, 0.5) is 0 Å². The van der Waals surface area contributed by atoms with E-state index in [0.717, 1.165) is 17.0 Å². The fourth-order valence-electron chi connectivity index (χ4n) is 1.80. The van der Waals surface area contributed by atoms with Crippen molar-refractivity contribution in [3.63, 3.8) is 0 Å². The van der Waals surface area contributed by atoms with Gasteiger partial charge in [0.15, 0.2) is 6.29 Å². The summed E-state index contributed by atoms with van der Waals surface area (Å²) in [5, 5.41) is 0. The van der Waals surface area contributed by atoms with E-state index in [2.05, 4.69) is 0 Å². The summed E-state index contributed by atoms with van der Waals surface area (Å²) in [4.78, 5) is 22.5. The first-order valence-corrected chi connectivity index (χ1v) is 5.47. The SMILES string of the molecule is COc1ccc(-c2ccc(C=O)c(=O)n2C)cc1. The standard InChI is InChI=1S/C14H13NO3/c1-15-13(8-5-11(9-16)14(15)17)10-3-6-12(18-2)7-4-10/h3-9H,1-2H3. The average Bonchev–Trinajstić information content (AvgIpc) is 2.42. The van der Waals surface area contributed by atoms with Crippen LogP contribution < -0.4 is 10.3 Å². The third kappa shape index (κ3) is 2.05. The van der Waals surface area contributed by atoms with Crippen molar-refractivity contribution in [2.24, 2.45) is 7.05 Å². The number of pyridine rings is 1. The number of aldehydes is 1. The summed E-state index contributed by atoms with van der Waals surface area (Å²) in [6, 6.07) is 10.7. The Balaban J connectivity index is 2.54. The van der Waals surface area contributed by atoms with Gasteiger partial charge in [-0.05, 0) is 42.0 Å². The average molecular weight is 243 g/mol. The molecule has 2 aromatic rings. The summed E-state index contributed by atoms with van der Waals surface area (Å²) in [5.41, 5.74) is 1.52. The fourth-order valence-corrected chi connectivity index (χ4v) is 1.80. The largest absolute Gasteiger partial charge is 0.497 e. The van der Waals surface area contributed by atoms with Gasteiger partial charge in [0.25, 0.3) is 5.56 Å². The quantitative estimate of drug-likeness (QED) is 0.773. The number of hydrogen-bond donors (Lipinski definition) is 0. The first-order valence-electron chi connectivity index (χ1n) is 5.47. The van der Waals surface area contributed by atoms with Crippen LogP contribution in [-0.2, 0) is 7.05 Å². The molecular formula is C14H13NO3. The number of methoxy groups -OCH3 is 1. The van der Waals surface area contributed by atoms with Crippen LogP contribution in [0.5, 0.6) is 5.75 Å². The van der Waals surface area contributed by atoms with E-state index < -0.39 is 0 Å². The molecule has 0 aliphatic carbocycles. The van der Waals surface area contributed by atoms with Gasteiger partial charge in [-0.3, -0.25) is 9.59 Å². The molecule has 0 amide bonds. The molecular weight excluding hydrogens is 230 g/mol. The highest BCUT2D eigenvalue weighted by Crippen LogP contribution is 2.20. The molecule has 18 heavy (non-hydrogen) atoms. The minimum atomic E-state index is -0.293. The number of carbonyl (C=O) groups excluding carboxylic acids is 1. The second kappa shape index (κ2) is 4.87. The molecule has 0 spiro atoms. The molecule has 0 fully saturated rings. The lowest BCUT2D eigenvalue weighted by molar-refractivity contribution is 0.112. The molecule has 1 aromatic carbocycles. The molecule has 2 rings (SSSR count). The van der Waals surface area contributed by atoms with Crippen LogP contribution in [-0.4, -0.2) is 18.0 Å². The molecule has 0 atom stereocenters. The second-order valence-electron chi connectivity index (χ2n) is 3.88. The van der Waals surface area contributed by atoms with Crippen molar-refractivity contribution in [1.82, 2.24) is 4.57 Å². The smallest absolute Gasteiger partial charge is 0.261 e. The number of nitrogens with zero attached hydrogens (tertiary/aromatic N) is 1. The van der Waals surface area contributed by atoms with E-state index in [9.17, 15) is 9.59 Å². The van der Waals surface area contributed by atoms with Gasteiger partial charge in [0, 0.05) is 7.05 Å². The van der Waals surface area contributed by atoms with Crippen LogP contribution in [0.25, 0.3) is 11.3 Å².